The maximum Gasteiger partial charge on any atom is 0.290 e. The Hall–Kier alpha value is -4.02. The number of ketones is 1. The summed E-state index contributed by atoms with van der Waals surface area (Å²) in [7, 11) is 1.41. The summed E-state index contributed by atoms with van der Waals surface area (Å²) in [5.74, 6) is -2.22. The molecule has 0 spiro atoms. The van der Waals surface area contributed by atoms with Crippen LogP contribution < -0.4 is 14.8 Å². The highest BCUT2D eigenvalue weighted by molar-refractivity contribution is 6.36. The number of amides is 2. The maximum atomic E-state index is 13.3. The molecular formula is C28H30N2O8. The largest absolute Gasteiger partial charge is 0.493 e. The van der Waals surface area contributed by atoms with Gasteiger partial charge in [0.1, 0.15) is 18.5 Å². The first-order valence-corrected chi connectivity index (χ1v) is 12.3. The van der Waals surface area contributed by atoms with Gasteiger partial charge in [-0.15, -0.1) is 0 Å². The first-order chi connectivity index (χ1) is 18.3. The second-order valence-corrected chi connectivity index (χ2v) is 9.10. The maximum absolute atomic E-state index is 13.3. The number of nitrogens with one attached hydrogen (secondary N) is 1. The quantitative estimate of drug-likeness (QED) is 0.312. The van der Waals surface area contributed by atoms with E-state index in [0.717, 1.165) is 5.56 Å². The lowest BCUT2D eigenvalue weighted by atomic mass is 9.77. The van der Waals surface area contributed by atoms with Gasteiger partial charge in [-0.05, 0) is 23.8 Å². The molecule has 4 rings (SSSR count). The number of methoxy groups -OCH3 is 1. The topological polar surface area (TPSA) is 142 Å². The van der Waals surface area contributed by atoms with Gasteiger partial charge in [0.15, 0.2) is 11.5 Å². The zero-order chi connectivity index (χ0) is 27.4. The molecule has 2 amide bonds. The minimum Gasteiger partial charge on any atom is -0.493 e. The summed E-state index contributed by atoms with van der Waals surface area (Å²) in [5.41, 5.74) is 1.68. The zero-order valence-electron chi connectivity index (χ0n) is 21.1. The summed E-state index contributed by atoms with van der Waals surface area (Å²) >= 11 is 0. The van der Waals surface area contributed by atoms with E-state index in [4.69, 9.17) is 9.47 Å². The van der Waals surface area contributed by atoms with E-state index >= 15 is 0 Å². The third-order valence-electron chi connectivity index (χ3n) is 6.79. The Morgan fingerprint density at radius 3 is 2.55 bits per heavy atom. The molecule has 0 saturated carbocycles. The number of ether oxygens (including phenoxy) is 2. The molecule has 4 atom stereocenters. The van der Waals surface area contributed by atoms with Gasteiger partial charge in [0.2, 0.25) is 11.7 Å². The Balaban J connectivity index is 1.84. The number of aldehydes is 1. The van der Waals surface area contributed by atoms with Gasteiger partial charge in [-0.2, -0.15) is 0 Å². The summed E-state index contributed by atoms with van der Waals surface area (Å²) in [6.07, 6.45) is -0.262. The molecule has 10 nitrogen and oxygen atoms in total. The van der Waals surface area contributed by atoms with Crippen LogP contribution in [0, 0.1) is 0 Å². The fourth-order valence-electron chi connectivity index (χ4n) is 4.96. The molecule has 4 unspecified atom stereocenters. The SMILES string of the molecule is CCC(=O)C(=O)N(Cc1ccccc1)C1C=C(C(=O)NCCO)C2c3cc(C=O)cc(OC)c3OC2C1O. The smallest absolute Gasteiger partial charge is 0.290 e. The molecule has 10 heteroatoms. The number of nitrogens with zero attached hydrogens (tertiary/aromatic N) is 1. The third-order valence-corrected chi connectivity index (χ3v) is 6.79. The number of benzene rings is 2. The van der Waals surface area contributed by atoms with Crippen LogP contribution in [0.2, 0.25) is 0 Å². The van der Waals surface area contributed by atoms with Crippen molar-refractivity contribution in [1.29, 1.82) is 0 Å². The van der Waals surface area contributed by atoms with Crippen molar-refractivity contribution >= 4 is 23.9 Å². The van der Waals surface area contributed by atoms with Crippen LogP contribution in [0.3, 0.4) is 0 Å². The van der Waals surface area contributed by atoms with Gasteiger partial charge in [-0.25, -0.2) is 0 Å². The fraction of sp³-hybridized carbons (Fsp3) is 0.357. The number of hydrogen-bond acceptors (Lipinski definition) is 8. The molecule has 0 fully saturated rings. The lowest BCUT2D eigenvalue weighted by Gasteiger charge is -2.40. The first-order valence-electron chi connectivity index (χ1n) is 12.3. The second kappa shape index (κ2) is 11.6. The molecule has 2 aliphatic rings. The molecule has 200 valence electrons. The van der Waals surface area contributed by atoms with E-state index < -0.39 is 41.8 Å². The van der Waals surface area contributed by atoms with E-state index in [2.05, 4.69) is 5.32 Å². The summed E-state index contributed by atoms with van der Waals surface area (Å²) < 4.78 is 11.6. The van der Waals surface area contributed by atoms with Crippen molar-refractivity contribution in [3.8, 4) is 11.5 Å². The first kappa shape index (κ1) is 27.0. The number of carbonyl (C=O) groups excluding carboxylic acids is 4. The Morgan fingerprint density at radius 1 is 1.18 bits per heavy atom. The molecule has 1 aliphatic heterocycles. The van der Waals surface area contributed by atoms with Crippen LogP contribution in [0.1, 0.15) is 40.7 Å². The number of hydrogen-bond donors (Lipinski definition) is 3. The van der Waals surface area contributed by atoms with Crippen LogP contribution in [0.4, 0.5) is 0 Å². The highest BCUT2D eigenvalue weighted by Gasteiger charge is 2.51. The number of carbonyl (C=O) groups is 4. The molecule has 3 N–H and O–H groups in total. The zero-order valence-corrected chi connectivity index (χ0v) is 21.1. The predicted octanol–water partition coefficient (Wildman–Crippen LogP) is 1.14. The number of aliphatic hydroxyl groups excluding tert-OH is 2. The van der Waals surface area contributed by atoms with Gasteiger partial charge in [0, 0.05) is 36.2 Å². The van der Waals surface area contributed by atoms with E-state index in [-0.39, 0.29) is 43.2 Å². The third kappa shape index (κ3) is 5.05. The van der Waals surface area contributed by atoms with Gasteiger partial charge in [0.25, 0.3) is 5.91 Å². The summed E-state index contributed by atoms with van der Waals surface area (Å²) in [4.78, 5) is 52.0. The van der Waals surface area contributed by atoms with Crippen LogP contribution in [-0.2, 0) is 20.9 Å². The summed E-state index contributed by atoms with van der Waals surface area (Å²) in [5, 5.41) is 23.5. The van der Waals surface area contributed by atoms with Crippen LogP contribution in [0.15, 0.2) is 54.1 Å². The molecule has 38 heavy (non-hydrogen) atoms. The Bertz CT molecular complexity index is 1260. The molecule has 2 aromatic carbocycles. The summed E-state index contributed by atoms with van der Waals surface area (Å²) in [6.45, 7) is 1.27. The van der Waals surface area contributed by atoms with Crippen molar-refractivity contribution in [1.82, 2.24) is 10.2 Å². The highest BCUT2D eigenvalue weighted by atomic mass is 16.5. The van der Waals surface area contributed by atoms with E-state index in [0.29, 0.717) is 17.4 Å². The predicted molar refractivity (Wildman–Crippen MR) is 136 cm³/mol. The van der Waals surface area contributed by atoms with Crippen molar-refractivity contribution in [3.05, 3.63) is 70.8 Å². The molecule has 0 saturated heterocycles. The van der Waals surface area contributed by atoms with E-state index in [9.17, 15) is 29.4 Å². The fourth-order valence-corrected chi connectivity index (χ4v) is 4.96. The molecule has 2 aromatic rings. The standard InChI is InChI=1S/C28H30N2O8/c1-3-21(33)28(36)30(14-16-7-5-4-6-8-16)20-13-19(27(35)29-9-10-31)23-18-11-17(15-32)12-22(37-2)25(18)38-26(23)24(20)34/h4-8,11-13,15,20,23-24,26,31,34H,3,9-10,14H2,1-2H3,(H,29,35). The van der Waals surface area contributed by atoms with Gasteiger partial charge in [0.05, 0.1) is 25.7 Å². The van der Waals surface area contributed by atoms with Gasteiger partial charge >= 0.3 is 0 Å². The monoisotopic (exact) mass is 522 g/mol. The van der Waals surface area contributed by atoms with Gasteiger partial charge < -0.3 is 29.9 Å². The van der Waals surface area contributed by atoms with Crippen molar-refractivity contribution in [2.45, 2.75) is 44.1 Å². The van der Waals surface area contributed by atoms with E-state index in [1.165, 1.54) is 24.2 Å². The summed E-state index contributed by atoms with van der Waals surface area (Å²) in [6, 6.07) is 11.0. The average molecular weight is 523 g/mol. The van der Waals surface area contributed by atoms with Crippen LogP contribution >= 0.6 is 0 Å². The van der Waals surface area contributed by atoms with E-state index in [1.807, 2.05) is 6.07 Å². The lowest BCUT2D eigenvalue weighted by Crippen LogP contribution is -2.56. The van der Waals surface area contributed by atoms with Crippen molar-refractivity contribution < 1.29 is 38.9 Å². The normalized spacial score (nSPS) is 21.3. The molecule has 1 heterocycles. The minimum absolute atomic E-state index is 0.0120. The van der Waals surface area contributed by atoms with Crippen molar-refractivity contribution in [2.75, 3.05) is 20.3 Å². The Morgan fingerprint density at radius 2 is 1.92 bits per heavy atom. The average Bonchev–Trinajstić information content (AvgIpc) is 3.34. The lowest BCUT2D eigenvalue weighted by molar-refractivity contribution is -0.148. The molecule has 1 aliphatic carbocycles. The van der Waals surface area contributed by atoms with Crippen LogP contribution in [0.5, 0.6) is 11.5 Å². The number of aliphatic hydroxyl groups is 2. The highest BCUT2D eigenvalue weighted by Crippen LogP contribution is 2.51. The molecule has 0 aromatic heterocycles. The Labute approximate surface area is 219 Å². The minimum atomic E-state index is -1.33. The number of rotatable bonds is 10. The number of fused-ring (bicyclic) bond motifs is 3. The second-order valence-electron chi connectivity index (χ2n) is 9.10. The van der Waals surface area contributed by atoms with Gasteiger partial charge in [-0.1, -0.05) is 37.3 Å². The van der Waals surface area contributed by atoms with Crippen LogP contribution in [0.25, 0.3) is 0 Å². The molecular weight excluding hydrogens is 492 g/mol. The van der Waals surface area contributed by atoms with Crippen LogP contribution in [-0.4, -0.2) is 77.5 Å². The molecule has 0 bridgehead atoms. The van der Waals surface area contributed by atoms with Crippen molar-refractivity contribution in [2.24, 2.45) is 0 Å². The molecule has 0 radical (unpaired) electrons. The Kier molecular flexibility index (Phi) is 8.23. The van der Waals surface area contributed by atoms with Gasteiger partial charge in [-0.3, -0.25) is 19.2 Å². The number of Topliss-reactive ketones (excluding diaryl/α,β-unsaturated/α-hetero) is 1. The van der Waals surface area contributed by atoms with E-state index in [1.54, 1.807) is 37.3 Å². The van der Waals surface area contributed by atoms with Crippen molar-refractivity contribution in [3.63, 3.8) is 0 Å².